The van der Waals surface area contributed by atoms with E-state index in [1.54, 1.807) is 18.9 Å². The first-order valence-corrected chi connectivity index (χ1v) is 6.39. The van der Waals surface area contributed by atoms with Crippen molar-refractivity contribution in [3.05, 3.63) is 30.0 Å². The molecule has 0 amide bonds. The number of thioether (sulfide) groups is 1. The first-order chi connectivity index (χ1) is 8.65. The second-order valence-electron chi connectivity index (χ2n) is 3.54. The fourth-order valence-electron chi connectivity index (χ4n) is 1.57. The Morgan fingerprint density at radius 1 is 1.44 bits per heavy atom. The smallest absolute Gasteiger partial charge is 0.353 e. The zero-order chi connectivity index (χ0) is 13.1. The van der Waals surface area contributed by atoms with Crippen LogP contribution in [0.15, 0.2) is 29.2 Å². The molecule has 0 bridgehead atoms. The number of hydrogen-bond acceptors (Lipinski definition) is 4. The van der Waals surface area contributed by atoms with Gasteiger partial charge in [0.15, 0.2) is 0 Å². The highest BCUT2D eigenvalue weighted by Gasteiger charge is 2.11. The molecule has 0 aliphatic carbocycles. The third kappa shape index (κ3) is 2.33. The van der Waals surface area contributed by atoms with Gasteiger partial charge in [0.2, 0.25) is 0 Å². The lowest BCUT2D eigenvalue weighted by atomic mass is 10.1. The van der Waals surface area contributed by atoms with E-state index in [0.717, 1.165) is 16.2 Å². The number of aromatic nitrogens is 2. The Labute approximate surface area is 108 Å². The van der Waals surface area contributed by atoms with Crippen molar-refractivity contribution in [2.45, 2.75) is 4.90 Å². The fourth-order valence-corrected chi connectivity index (χ4v) is 2.17. The molecule has 2 aromatic rings. The summed E-state index contributed by atoms with van der Waals surface area (Å²) < 4.78 is 5.23. The number of H-pyrrole nitrogens is 1. The van der Waals surface area contributed by atoms with Crippen LogP contribution in [0.4, 0.5) is 0 Å². The lowest BCUT2D eigenvalue weighted by Gasteiger charge is -2.07. The van der Waals surface area contributed by atoms with Gasteiger partial charge >= 0.3 is 5.97 Å². The van der Waals surface area contributed by atoms with Gasteiger partial charge in [-0.1, -0.05) is 0 Å². The van der Waals surface area contributed by atoms with Gasteiger partial charge in [-0.3, -0.25) is 5.10 Å². The molecule has 6 heteroatoms. The summed E-state index contributed by atoms with van der Waals surface area (Å²) in [6.07, 6.45) is 1.95. The van der Waals surface area contributed by atoms with Gasteiger partial charge in [0.05, 0.1) is 12.8 Å². The molecule has 0 saturated heterocycles. The molecular weight excluding hydrogens is 252 g/mol. The summed E-state index contributed by atoms with van der Waals surface area (Å²) >= 11 is 1.56. The lowest BCUT2D eigenvalue weighted by Crippen LogP contribution is -1.95. The molecule has 2 rings (SSSR count). The first-order valence-electron chi connectivity index (χ1n) is 5.17. The fraction of sp³-hybridized carbons (Fsp3) is 0.167. The number of nitrogens with zero attached hydrogens (tertiary/aromatic N) is 1. The molecular formula is C12H12N2O3S. The molecule has 1 aromatic carbocycles. The zero-order valence-corrected chi connectivity index (χ0v) is 10.7. The number of hydrogen-bond donors (Lipinski definition) is 2. The predicted octanol–water partition coefficient (Wildman–Crippen LogP) is 2.51. The van der Waals surface area contributed by atoms with Gasteiger partial charge in [0, 0.05) is 10.5 Å². The Kier molecular flexibility index (Phi) is 3.57. The molecule has 18 heavy (non-hydrogen) atoms. The second kappa shape index (κ2) is 5.14. The SMILES string of the molecule is COc1ccc(-c2cc(C(=O)O)[nH]n2)cc1SC. The summed E-state index contributed by atoms with van der Waals surface area (Å²) in [5.74, 6) is -0.229. The maximum absolute atomic E-state index is 10.8. The van der Waals surface area contributed by atoms with Crippen LogP contribution in [0.5, 0.6) is 5.75 Å². The van der Waals surface area contributed by atoms with Gasteiger partial charge in [0.25, 0.3) is 0 Å². The molecule has 0 atom stereocenters. The molecule has 0 aliphatic rings. The molecule has 0 fully saturated rings. The average Bonchev–Trinajstić information content (AvgIpc) is 2.87. The highest BCUT2D eigenvalue weighted by atomic mass is 32.2. The summed E-state index contributed by atoms with van der Waals surface area (Å²) in [5, 5.41) is 15.3. The normalized spacial score (nSPS) is 10.3. The van der Waals surface area contributed by atoms with Crippen molar-refractivity contribution in [1.82, 2.24) is 10.2 Å². The molecule has 94 valence electrons. The van der Waals surface area contributed by atoms with Gasteiger partial charge < -0.3 is 9.84 Å². The number of aromatic carboxylic acids is 1. The Morgan fingerprint density at radius 3 is 2.78 bits per heavy atom. The van der Waals surface area contributed by atoms with Crippen LogP contribution in [-0.4, -0.2) is 34.6 Å². The van der Waals surface area contributed by atoms with Gasteiger partial charge in [-0.2, -0.15) is 5.10 Å². The number of carbonyl (C=O) groups is 1. The maximum Gasteiger partial charge on any atom is 0.353 e. The van der Waals surface area contributed by atoms with Crippen molar-refractivity contribution < 1.29 is 14.6 Å². The molecule has 0 spiro atoms. The molecule has 5 nitrogen and oxygen atoms in total. The summed E-state index contributed by atoms with van der Waals surface area (Å²) in [4.78, 5) is 11.8. The van der Waals surface area contributed by atoms with Crippen LogP contribution in [0.2, 0.25) is 0 Å². The zero-order valence-electron chi connectivity index (χ0n) is 9.93. The monoisotopic (exact) mass is 264 g/mol. The number of rotatable bonds is 4. The Morgan fingerprint density at radius 2 is 2.22 bits per heavy atom. The lowest BCUT2D eigenvalue weighted by molar-refractivity contribution is 0.0690. The van der Waals surface area contributed by atoms with Crippen molar-refractivity contribution >= 4 is 17.7 Å². The summed E-state index contributed by atoms with van der Waals surface area (Å²) in [5.41, 5.74) is 1.53. The summed E-state index contributed by atoms with van der Waals surface area (Å²) in [6, 6.07) is 7.12. The predicted molar refractivity (Wildman–Crippen MR) is 69.3 cm³/mol. The van der Waals surface area contributed by atoms with E-state index in [-0.39, 0.29) is 5.69 Å². The van der Waals surface area contributed by atoms with Gasteiger partial charge in [0.1, 0.15) is 11.4 Å². The Bertz CT molecular complexity index is 580. The van der Waals surface area contributed by atoms with Crippen LogP contribution in [0.1, 0.15) is 10.5 Å². The highest BCUT2D eigenvalue weighted by molar-refractivity contribution is 7.98. The van der Waals surface area contributed by atoms with E-state index >= 15 is 0 Å². The minimum absolute atomic E-state index is 0.0755. The van der Waals surface area contributed by atoms with Crippen LogP contribution in [0.3, 0.4) is 0 Å². The van der Waals surface area contributed by atoms with Crippen LogP contribution in [0.25, 0.3) is 11.3 Å². The van der Waals surface area contributed by atoms with Crippen LogP contribution < -0.4 is 4.74 Å². The third-order valence-electron chi connectivity index (χ3n) is 2.49. The first kappa shape index (κ1) is 12.5. The number of nitrogens with one attached hydrogen (secondary N) is 1. The van der Waals surface area contributed by atoms with E-state index in [4.69, 9.17) is 9.84 Å². The van der Waals surface area contributed by atoms with Crippen molar-refractivity contribution in [3.63, 3.8) is 0 Å². The summed E-state index contributed by atoms with van der Waals surface area (Å²) in [7, 11) is 1.62. The second-order valence-corrected chi connectivity index (χ2v) is 4.39. The number of carboxylic acid groups (broad SMARTS) is 1. The number of ether oxygens (including phenoxy) is 1. The molecule has 1 aromatic heterocycles. The highest BCUT2D eigenvalue weighted by Crippen LogP contribution is 2.31. The number of aromatic amines is 1. The third-order valence-corrected chi connectivity index (χ3v) is 3.25. The Hall–Kier alpha value is -1.95. The van der Waals surface area contributed by atoms with E-state index in [2.05, 4.69) is 10.2 Å². The van der Waals surface area contributed by atoms with Gasteiger partial charge in [-0.15, -0.1) is 11.8 Å². The quantitative estimate of drug-likeness (QED) is 0.830. The molecule has 2 N–H and O–H groups in total. The van der Waals surface area contributed by atoms with Crippen molar-refractivity contribution in [1.29, 1.82) is 0 Å². The van der Waals surface area contributed by atoms with Crippen LogP contribution in [0, 0.1) is 0 Å². The minimum Gasteiger partial charge on any atom is -0.496 e. The van der Waals surface area contributed by atoms with E-state index in [1.165, 1.54) is 6.07 Å². The largest absolute Gasteiger partial charge is 0.496 e. The molecule has 0 unspecified atom stereocenters. The van der Waals surface area contributed by atoms with Crippen LogP contribution >= 0.6 is 11.8 Å². The van der Waals surface area contributed by atoms with E-state index in [0.29, 0.717) is 5.69 Å². The maximum atomic E-state index is 10.8. The minimum atomic E-state index is -1.02. The molecule has 0 radical (unpaired) electrons. The topological polar surface area (TPSA) is 75.2 Å². The van der Waals surface area contributed by atoms with Crippen molar-refractivity contribution in [2.24, 2.45) is 0 Å². The Balaban J connectivity index is 2.41. The number of carboxylic acids is 1. The average molecular weight is 264 g/mol. The molecule has 0 aliphatic heterocycles. The van der Waals surface area contributed by atoms with Crippen LogP contribution in [-0.2, 0) is 0 Å². The van der Waals surface area contributed by atoms with E-state index in [1.807, 2.05) is 24.5 Å². The molecule has 1 heterocycles. The van der Waals surface area contributed by atoms with Crippen molar-refractivity contribution in [2.75, 3.05) is 13.4 Å². The van der Waals surface area contributed by atoms with Crippen molar-refractivity contribution in [3.8, 4) is 17.0 Å². The summed E-state index contributed by atoms with van der Waals surface area (Å²) in [6.45, 7) is 0. The number of benzene rings is 1. The standard InChI is InChI=1S/C12H12N2O3S/c1-17-10-4-3-7(5-11(10)18-2)8-6-9(12(15)16)14-13-8/h3-6H,1-2H3,(H,13,14)(H,15,16). The molecule has 0 saturated carbocycles. The number of methoxy groups -OCH3 is 1. The van der Waals surface area contributed by atoms with E-state index < -0.39 is 5.97 Å². The van der Waals surface area contributed by atoms with E-state index in [9.17, 15) is 4.79 Å². The van der Waals surface area contributed by atoms with Gasteiger partial charge in [-0.05, 0) is 30.5 Å². The van der Waals surface area contributed by atoms with Gasteiger partial charge in [-0.25, -0.2) is 4.79 Å².